The molecule has 7 heteroatoms. The Kier molecular flexibility index (Phi) is 6.23. The fraction of sp³-hybridized carbons (Fsp3) is 0.357. The molecule has 1 rings (SSSR count). The molecule has 0 saturated heterocycles. The Morgan fingerprint density at radius 2 is 1.95 bits per heavy atom. The number of hydrogen-bond donors (Lipinski definition) is 2. The molecule has 0 aliphatic carbocycles. The highest BCUT2D eigenvalue weighted by molar-refractivity contribution is 8.00. The quantitative estimate of drug-likeness (QED) is 0.634. The van der Waals surface area contributed by atoms with Gasteiger partial charge in [0.25, 0.3) is 5.91 Å². The number of hydrogen-bond acceptors (Lipinski definition) is 5. The number of thioether (sulfide) groups is 1. The number of esters is 1. The molecule has 0 bridgehead atoms. The SMILES string of the molecule is Cc1ccc(SCC(=O)O[C@H](C)C(=O)NC(N)=O)cc1C. The number of nitrogens with two attached hydrogens (primary N) is 1. The number of nitrogens with one attached hydrogen (secondary N) is 1. The zero-order valence-electron chi connectivity index (χ0n) is 12.1. The van der Waals surface area contributed by atoms with Gasteiger partial charge in [-0.05, 0) is 44.0 Å². The van der Waals surface area contributed by atoms with Gasteiger partial charge in [-0.3, -0.25) is 14.9 Å². The van der Waals surface area contributed by atoms with Crippen molar-refractivity contribution in [2.24, 2.45) is 5.73 Å². The first kappa shape index (κ1) is 17.0. The van der Waals surface area contributed by atoms with E-state index in [1.54, 1.807) is 0 Å². The van der Waals surface area contributed by atoms with E-state index >= 15 is 0 Å². The van der Waals surface area contributed by atoms with E-state index in [0.717, 1.165) is 10.5 Å². The van der Waals surface area contributed by atoms with Gasteiger partial charge in [0.05, 0.1) is 5.75 Å². The molecule has 3 N–H and O–H groups in total. The number of aryl methyl sites for hydroxylation is 2. The van der Waals surface area contributed by atoms with Crippen LogP contribution in [0, 0.1) is 13.8 Å². The molecule has 0 aliphatic heterocycles. The lowest BCUT2D eigenvalue weighted by atomic mass is 10.1. The summed E-state index contributed by atoms with van der Waals surface area (Å²) in [6.45, 7) is 5.38. The Bertz CT molecular complexity index is 560. The fourth-order valence-corrected chi connectivity index (χ4v) is 2.23. The number of ether oxygens (including phenoxy) is 1. The molecular formula is C14H18N2O4S. The molecule has 0 saturated carbocycles. The average Bonchev–Trinajstić information content (AvgIpc) is 2.39. The molecule has 0 heterocycles. The standard InChI is InChI=1S/C14H18N2O4S/c1-8-4-5-11(6-9(8)2)21-7-12(17)20-10(3)13(18)16-14(15)19/h4-6,10H,7H2,1-3H3,(H3,15,16,18,19)/t10-/m1/s1. The zero-order chi connectivity index (χ0) is 16.0. The van der Waals surface area contributed by atoms with Crippen LogP contribution in [-0.4, -0.2) is 29.8 Å². The molecule has 0 aliphatic rings. The summed E-state index contributed by atoms with van der Waals surface area (Å²) in [5, 5.41) is 1.85. The van der Waals surface area contributed by atoms with Crippen LogP contribution in [0.4, 0.5) is 4.79 Å². The Labute approximate surface area is 127 Å². The number of imide groups is 1. The summed E-state index contributed by atoms with van der Waals surface area (Å²) >= 11 is 1.32. The first-order chi connectivity index (χ1) is 9.79. The van der Waals surface area contributed by atoms with Crippen LogP contribution in [0.5, 0.6) is 0 Å². The van der Waals surface area contributed by atoms with Crippen LogP contribution in [-0.2, 0) is 14.3 Å². The molecule has 0 unspecified atom stereocenters. The number of benzene rings is 1. The van der Waals surface area contributed by atoms with Crippen molar-refractivity contribution in [1.82, 2.24) is 5.32 Å². The largest absolute Gasteiger partial charge is 0.452 e. The highest BCUT2D eigenvalue weighted by Gasteiger charge is 2.18. The lowest BCUT2D eigenvalue weighted by Gasteiger charge is -2.12. The molecule has 0 aromatic heterocycles. The van der Waals surface area contributed by atoms with Gasteiger partial charge in [-0.2, -0.15) is 0 Å². The molecule has 21 heavy (non-hydrogen) atoms. The molecule has 1 aromatic carbocycles. The molecule has 0 fully saturated rings. The van der Waals surface area contributed by atoms with Gasteiger partial charge in [0.15, 0.2) is 6.10 Å². The summed E-state index contributed by atoms with van der Waals surface area (Å²) in [5.74, 6) is -1.20. The van der Waals surface area contributed by atoms with Crippen LogP contribution in [0.1, 0.15) is 18.1 Å². The van der Waals surface area contributed by atoms with E-state index in [0.29, 0.717) is 0 Å². The van der Waals surface area contributed by atoms with Crippen LogP contribution in [0.15, 0.2) is 23.1 Å². The predicted molar refractivity (Wildman–Crippen MR) is 79.9 cm³/mol. The van der Waals surface area contributed by atoms with Crippen LogP contribution in [0.2, 0.25) is 0 Å². The number of urea groups is 1. The van der Waals surface area contributed by atoms with E-state index in [1.165, 1.54) is 24.2 Å². The third-order valence-electron chi connectivity index (χ3n) is 2.76. The van der Waals surface area contributed by atoms with E-state index in [2.05, 4.69) is 0 Å². The number of amides is 3. The van der Waals surface area contributed by atoms with Crippen LogP contribution in [0.3, 0.4) is 0 Å². The summed E-state index contributed by atoms with van der Waals surface area (Å²) in [4.78, 5) is 34.4. The minimum absolute atomic E-state index is 0.0801. The zero-order valence-corrected chi connectivity index (χ0v) is 13.0. The number of carbonyl (C=O) groups excluding carboxylic acids is 3. The second kappa shape index (κ2) is 7.68. The van der Waals surface area contributed by atoms with Gasteiger partial charge in [0, 0.05) is 4.90 Å². The molecule has 6 nitrogen and oxygen atoms in total. The van der Waals surface area contributed by atoms with Gasteiger partial charge in [-0.15, -0.1) is 11.8 Å². The molecule has 114 valence electrons. The van der Waals surface area contributed by atoms with Gasteiger partial charge in [-0.25, -0.2) is 4.79 Å². The Morgan fingerprint density at radius 3 is 2.52 bits per heavy atom. The predicted octanol–water partition coefficient (Wildman–Crippen LogP) is 1.52. The van der Waals surface area contributed by atoms with Crippen LogP contribution >= 0.6 is 11.8 Å². The third-order valence-corrected chi connectivity index (χ3v) is 3.73. The maximum absolute atomic E-state index is 11.6. The van der Waals surface area contributed by atoms with Crippen molar-refractivity contribution in [3.63, 3.8) is 0 Å². The second-order valence-corrected chi connectivity index (χ2v) is 5.57. The van der Waals surface area contributed by atoms with Gasteiger partial charge in [0.1, 0.15) is 0 Å². The van der Waals surface area contributed by atoms with Gasteiger partial charge >= 0.3 is 12.0 Å². The van der Waals surface area contributed by atoms with Crippen molar-refractivity contribution >= 4 is 29.7 Å². The molecule has 0 radical (unpaired) electrons. The maximum atomic E-state index is 11.6. The molecule has 1 aromatic rings. The highest BCUT2D eigenvalue weighted by atomic mass is 32.2. The average molecular weight is 310 g/mol. The van der Waals surface area contributed by atoms with E-state index in [9.17, 15) is 14.4 Å². The van der Waals surface area contributed by atoms with Crippen molar-refractivity contribution in [2.75, 3.05) is 5.75 Å². The smallest absolute Gasteiger partial charge is 0.318 e. The molecule has 1 atom stereocenters. The van der Waals surface area contributed by atoms with Gasteiger partial charge < -0.3 is 10.5 Å². The van der Waals surface area contributed by atoms with Gasteiger partial charge in [0.2, 0.25) is 0 Å². The van der Waals surface area contributed by atoms with Crippen molar-refractivity contribution in [3.8, 4) is 0 Å². The first-order valence-corrected chi connectivity index (χ1v) is 7.28. The summed E-state index contributed by atoms with van der Waals surface area (Å²) in [6, 6.07) is 4.90. The minimum atomic E-state index is -1.06. The Hall–Kier alpha value is -2.02. The normalized spacial score (nSPS) is 11.6. The van der Waals surface area contributed by atoms with Crippen molar-refractivity contribution in [3.05, 3.63) is 29.3 Å². The number of primary amides is 1. The Morgan fingerprint density at radius 1 is 1.29 bits per heavy atom. The lowest BCUT2D eigenvalue weighted by Crippen LogP contribution is -2.42. The number of carbonyl (C=O) groups is 3. The van der Waals surface area contributed by atoms with Crippen LogP contribution < -0.4 is 11.1 Å². The van der Waals surface area contributed by atoms with Gasteiger partial charge in [-0.1, -0.05) is 6.07 Å². The summed E-state index contributed by atoms with van der Waals surface area (Å²) < 4.78 is 4.91. The summed E-state index contributed by atoms with van der Waals surface area (Å²) in [6.07, 6.45) is -1.06. The summed E-state index contributed by atoms with van der Waals surface area (Å²) in [5.41, 5.74) is 7.13. The molecule has 0 spiro atoms. The second-order valence-electron chi connectivity index (χ2n) is 4.52. The number of rotatable bonds is 5. The van der Waals surface area contributed by atoms with Crippen molar-refractivity contribution in [1.29, 1.82) is 0 Å². The fourth-order valence-electron chi connectivity index (χ4n) is 1.45. The van der Waals surface area contributed by atoms with E-state index in [-0.39, 0.29) is 5.75 Å². The summed E-state index contributed by atoms with van der Waals surface area (Å²) in [7, 11) is 0. The van der Waals surface area contributed by atoms with Crippen LogP contribution in [0.25, 0.3) is 0 Å². The topological polar surface area (TPSA) is 98.5 Å². The minimum Gasteiger partial charge on any atom is -0.452 e. The Balaban J connectivity index is 2.45. The van der Waals surface area contributed by atoms with Crippen molar-refractivity contribution < 1.29 is 19.1 Å². The lowest BCUT2D eigenvalue weighted by molar-refractivity contribution is -0.151. The molecular weight excluding hydrogens is 292 g/mol. The molecule has 3 amide bonds. The van der Waals surface area contributed by atoms with E-state index in [1.807, 2.05) is 37.4 Å². The highest BCUT2D eigenvalue weighted by Crippen LogP contribution is 2.21. The first-order valence-electron chi connectivity index (χ1n) is 6.29. The monoisotopic (exact) mass is 310 g/mol. The maximum Gasteiger partial charge on any atom is 0.318 e. The van der Waals surface area contributed by atoms with E-state index < -0.39 is 24.0 Å². The van der Waals surface area contributed by atoms with E-state index in [4.69, 9.17) is 10.5 Å². The third kappa shape index (κ3) is 5.86. The van der Waals surface area contributed by atoms with Crippen molar-refractivity contribution in [2.45, 2.75) is 31.8 Å².